The van der Waals surface area contributed by atoms with Gasteiger partial charge in [0.1, 0.15) is 10.7 Å². The van der Waals surface area contributed by atoms with Gasteiger partial charge in [-0.25, -0.2) is 9.97 Å². The Hall–Kier alpha value is -3.39. The average molecular weight is 499 g/mol. The van der Waals surface area contributed by atoms with E-state index in [0.29, 0.717) is 39.0 Å². The Morgan fingerprint density at radius 2 is 1.91 bits per heavy atom. The van der Waals surface area contributed by atoms with E-state index in [-0.39, 0.29) is 21.6 Å². The fourth-order valence-electron chi connectivity index (χ4n) is 3.33. The molecule has 0 bridgehead atoms. The molecule has 0 saturated carbocycles. The van der Waals surface area contributed by atoms with Gasteiger partial charge in [0, 0.05) is 22.5 Å². The lowest BCUT2D eigenvalue weighted by Crippen LogP contribution is -2.12. The highest BCUT2D eigenvalue weighted by atomic mass is 35.5. The number of aromatic amines is 1. The molecule has 0 unspecified atom stereocenters. The van der Waals surface area contributed by atoms with E-state index >= 15 is 0 Å². The summed E-state index contributed by atoms with van der Waals surface area (Å²) in [5, 5.41) is 10.9. The predicted molar refractivity (Wildman–Crippen MR) is 129 cm³/mol. The average Bonchev–Trinajstić information content (AvgIpc) is 3.43. The van der Waals surface area contributed by atoms with Crippen molar-refractivity contribution in [2.75, 3.05) is 5.32 Å². The molecule has 0 aliphatic heterocycles. The van der Waals surface area contributed by atoms with Gasteiger partial charge in [0.05, 0.1) is 28.0 Å². The van der Waals surface area contributed by atoms with Gasteiger partial charge in [0.15, 0.2) is 5.58 Å². The van der Waals surface area contributed by atoms with Gasteiger partial charge in [-0.3, -0.25) is 9.89 Å². The predicted octanol–water partition coefficient (Wildman–Crippen LogP) is 6.80. The molecule has 0 saturated heterocycles. The van der Waals surface area contributed by atoms with Crippen LogP contribution in [0, 0.1) is 6.92 Å². The lowest BCUT2D eigenvalue weighted by atomic mass is 10.1. The minimum atomic E-state index is -0.366. The van der Waals surface area contributed by atoms with Gasteiger partial charge in [0.25, 0.3) is 5.91 Å². The Morgan fingerprint density at radius 1 is 1.06 bits per heavy atom. The fraction of sp³-hybridized carbons (Fsp3) is 0.0435. The van der Waals surface area contributed by atoms with Crippen LogP contribution in [0.2, 0.25) is 15.2 Å². The van der Waals surface area contributed by atoms with Gasteiger partial charge in [-0.15, -0.1) is 0 Å². The number of aryl methyl sites for hydroxylation is 1. The molecule has 0 radical (unpaired) electrons. The summed E-state index contributed by atoms with van der Waals surface area (Å²) in [5.74, 6) is 0.0426. The molecule has 33 heavy (non-hydrogen) atoms. The van der Waals surface area contributed by atoms with Gasteiger partial charge >= 0.3 is 0 Å². The first-order valence-corrected chi connectivity index (χ1v) is 10.9. The number of aromatic nitrogens is 4. The van der Waals surface area contributed by atoms with E-state index < -0.39 is 0 Å². The standard InChI is InChI=1S/C23H14Cl3N5O2/c1-11-5-19-18(8-16(11)24)30-23(33-19)15-10-28-31-20(15)12-3-2-4-14(6-12)29-22(32)13-7-17(25)21(26)27-9-13/h2-10H,1H3,(H,28,31)(H,29,32). The van der Waals surface area contributed by atoms with Gasteiger partial charge < -0.3 is 9.73 Å². The van der Waals surface area contributed by atoms with Crippen LogP contribution in [0.4, 0.5) is 5.69 Å². The van der Waals surface area contributed by atoms with Crippen molar-refractivity contribution in [3.05, 3.63) is 81.2 Å². The number of amides is 1. The fourth-order valence-corrected chi connectivity index (χ4v) is 3.76. The first-order valence-electron chi connectivity index (χ1n) is 9.72. The third kappa shape index (κ3) is 4.18. The largest absolute Gasteiger partial charge is 0.436 e. The van der Waals surface area contributed by atoms with E-state index in [4.69, 9.17) is 39.2 Å². The minimum Gasteiger partial charge on any atom is -0.436 e. The lowest BCUT2D eigenvalue weighted by Gasteiger charge is -2.08. The van der Waals surface area contributed by atoms with Gasteiger partial charge in [0.2, 0.25) is 5.89 Å². The molecule has 0 spiro atoms. The molecule has 3 aromatic heterocycles. The number of hydrogen-bond donors (Lipinski definition) is 2. The summed E-state index contributed by atoms with van der Waals surface area (Å²) < 4.78 is 5.95. The summed E-state index contributed by atoms with van der Waals surface area (Å²) in [6.07, 6.45) is 3.00. The summed E-state index contributed by atoms with van der Waals surface area (Å²) >= 11 is 18.0. The molecule has 0 aliphatic carbocycles. The molecule has 0 fully saturated rings. The van der Waals surface area contributed by atoms with Crippen LogP contribution in [0.15, 0.2) is 59.3 Å². The number of benzene rings is 2. The van der Waals surface area contributed by atoms with E-state index in [1.54, 1.807) is 18.3 Å². The molecule has 7 nitrogen and oxygen atoms in total. The molecule has 0 atom stereocenters. The van der Waals surface area contributed by atoms with Crippen molar-refractivity contribution in [2.24, 2.45) is 0 Å². The van der Waals surface area contributed by atoms with Crippen LogP contribution in [0.3, 0.4) is 0 Å². The maximum Gasteiger partial charge on any atom is 0.257 e. The van der Waals surface area contributed by atoms with E-state index in [1.807, 2.05) is 31.2 Å². The highest BCUT2D eigenvalue weighted by Gasteiger charge is 2.17. The first-order chi connectivity index (χ1) is 15.9. The number of fused-ring (bicyclic) bond motifs is 1. The molecule has 2 N–H and O–H groups in total. The second kappa shape index (κ2) is 8.51. The zero-order valence-corrected chi connectivity index (χ0v) is 19.3. The number of carbonyl (C=O) groups excluding carboxylic acids is 1. The van der Waals surface area contributed by atoms with Crippen LogP contribution in [0.25, 0.3) is 33.8 Å². The zero-order chi connectivity index (χ0) is 23.1. The molecular weight excluding hydrogens is 485 g/mol. The van der Waals surface area contributed by atoms with Gasteiger partial charge in [-0.1, -0.05) is 46.9 Å². The number of nitrogens with one attached hydrogen (secondary N) is 2. The number of H-pyrrole nitrogens is 1. The highest BCUT2D eigenvalue weighted by Crippen LogP contribution is 2.34. The third-order valence-electron chi connectivity index (χ3n) is 5.01. The number of pyridine rings is 1. The van der Waals surface area contributed by atoms with Crippen molar-refractivity contribution >= 4 is 57.5 Å². The van der Waals surface area contributed by atoms with Crippen molar-refractivity contribution in [3.63, 3.8) is 0 Å². The molecule has 1 amide bonds. The molecule has 164 valence electrons. The Bertz CT molecular complexity index is 1490. The minimum absolute atomic E-state index is 0.138. The number of oxazole rings is 1. The van der Waals surface area contributed by atoms with E-state index in [1.165, 1.54) is 12.3 Å². The number of rotatable bonds is 4. The molecule has 10 heteroatoms. The van der Waals surface area contributed by atoms with Crippen LogP contribution in [-0.2, 0) is 0 Å². The smallest absolute Gasteiger partial charge is 0.257 e. The second-order valence-corrected chi connectivity index (χ2v) is 8.45. The van der Waals surface area contributed by atoms with Crippen molar-refractivity contribution in [2.45, 2.75) is 6.92 Å². The summed E-state index contributed by atoms with van der Waals surface area (Å²) in [6.45, 7) is 1.90. The first kappa shape index (κ1) is 21.5. The molecule has 5 rings (SSSR count). The number of carbonyl (C=O) groups is 1. The summed E-state index contributed by atoms with van der Waals surface area (Å²) in [6, 6.07) is 12.4. The van der Waals surface area contributed by atoms with E-state index in [2.05, 4.69) is 25.5 Å². The second-order valence-electron chi connectivity index (χ2n) is 7.28. The monoisotopic (exact) mass is 497 g/mol. The quantitative estimate of drug-likeness (QED) is 0.266. The van der Waals surface area contributed by atoms with Crippen molar-refractivity contribution in [1.82, 2.24) is 20.2 Å². The zero-order valence-electron chi connectivity index (χ0n) is 17.0. The van der Waals surface area contributed by atoms with Crippen molar-refractivity contribution in [3.8, 4) is 22.7 Å². The molecule has 3 heterocycles. The molecular formula is C23H14Cl3N5O2. The van der Waals surface area contributed by atoms with Crippen LogP contribution in [0.1, 0.15) is 15.9 Å². The number of hydrogen-bond acceptors (Lipinski definition) is 5. The number of nitrogens with zero attached hydrogens (tertiary/aromatic N) is 3. The van der Waals surface area contributed by atoms with Gasteiger partial charge in [-0.05, 0) is 42.8 Å². The summed E-state index contributed by atoms with van der Waals surface area (Å²) in [4.78, 5) is 21.1. The SMILES string of the molecule is Cc1cc2oc(-c3cn[nH]c3-c3cccc(NC(=O)c4cnc(Cl)c(Cl)c4)c3)nc2cc1Cl. The summed E-state index contributed by atoms with van der Waals surface area (Å²) in [5.41, 5.74) is 5.21. The topological polar surface area (TPSA) is 96.7 Å². The van der Waals surface area contributed by atoms with Crippen LogP contribution in [0.5, 0.6) is 0 Å². The Balaban J connectivity index is 1.46. The van der Waals surface area contributed by atoms with Crippen molar-refractivity contribution in [1.29, 1.82) is 0 Å². The van der Waals surface area contributed by atoms with Gasteiger partial charge in [-0.2, -0.15) is 5.10 Å². The van der Waals surface area contributed by atoms with E-state index in [0.717, 1.165) is 11.1 Å². The Labute approximate surface area is 202 Å². The summed E-state index contributed by atoms with van der Waals surface area (Å²) in [7, 11) is 0. The molecule has 0 aliphatic rings. The Kier molecular flexibility index (Phi) is 5.54. The van der Waals surface area contributed by atoms with Crippen LogP contribution < -0.4 is 5.32 Å². The molecule has 5 aromatic rings. The van der Waals surface area contributed by atoms with Crippen molar-refractivity contribution < 1.29 is 9.21 Å². The lowest BCUT2D eigenvalue weighted by molar-refractivity contribution is 0.102. The third-order valence-corrected chi connectivity index (χ3v) is 6.10. The number of anilines is 1. The number of halogens is 3. The molecule has 2 aromatic carbocycles. The maximum absolute atomic E-state index is 12.6. The van der Waals surface area contributed by atoms with Crippen LogP contribution >= 0.6 is 34.8 Å². The van der Waals surface area contributed by atoms with Crippen LogP contribution in [-0.4, -0.2) is 26.1 Å². The maximum atomic E-state index is 12.6. The highest BCUT2D eigenvalue weighted by molar-refractivity contribution is 6.41. The van der Waals surface area contributed by atoms with E-state index in [9.17, 15) is 4.79 Å². The normalized spacial score (nSPS) is 11.2. The Morgan fingerprint density at radius 3 is 2.73 bits per heavy atom.